The minimum atomic E-state index is -0.193. The maximum atomic E-state index is 12.9. The van der Waals surface area contributed by atoms with Crippen LogP contribution in [0.4, 0.5) is 0 Å². The first-order valence-corrected chi connectivity index (χ1v) is 11.0. The summed E-state index contributed by atoms with van der Waals surface area (Å²) in [5, 5.41) is 11.3. The highest BCUT2D eigenvalue weighted by molar-refractivity contribution is 8.00. The van der Waals surface area contributed by atoms with Crippen LogP contribution in [-0.4, -0.2) is 37.2 Å². The number of carbonyl (C=O) groups is 1. The van der Waals surface area contributed by atoms with Crippen molar-refractivity contribution in [1.82, 2.24) is 19.5 Å². The molecule has 0 saturated heterocycles. The molecule has 8 heteroatoms. The zero-order valence-electron chi connectivity index (χ0n) is 14.1. The largest absolute Gasteiger partial charge is 0.337 e. The van der Waals surface area contributed by atoms with Crippen molar-refractivity contribution in [3.8, 4) is 0 Å². The molecular formula is C18H16N4OS3. The average molecular weight is 401 g/mol. The van der Waals surface area contributed by atoms with E-state index in [-0.39, 0.29) is 11.2 Å². The number of thioether (sulfide) groups is 1. The molecule has 1 aliphatic rings. The molecule has 0 saturated carbocycles. The highest BCUT2D eigenvalue weighted by atomic mass is 32.2. The molecule has 5 rings (SSSR count). The molecular weight excluding hydrogens is 384 g/mol. The molecule has 1 amide bonds. The van der Waals surface area contributed by atoms with Gasteiger partial charge in [-0.25, -0.2) is 0 Å². The fraction of sp³-hybridized carbons (Fsp3) is 0.278. The molecule has 0 spiro atoms. The lowest BCUT2D eigenvalue weighted by atomic mass is 10.1. The van der Waals surface area contributed by atoms with Crippen LogP contribution in [0.15, 0.2) is 40.9 Å². The van der Waals surface area contributed by atoms with Crippen LogP contribution in [0.3, 0.4) is 0 Å². The van der Waals surface area contributed by atoms with Gasteiger partial charge in [-0.15, -0.1) is 21.5 Å². The van der Waals surface area contributed by atoms with E-state index in [2.05, 4.69) is 38.2 Å². The van der Waals surface area contributed by atoms with Crippen LogP contribution in [0.2, 0.25) is 0 Å². The molecule has 0 aliphatic carbocycles. The van der Waals surface area contributed by atoms with Gasteiger partial charge in [0.1, 0.15) is 0 Å². The molecule has 1 atom stereocenters. The van der Waals surface area contributed by atoms with Gasteiger partial charge in [-0.2, -0.15) is 0 Å². The van der Waals surface area contributed by atoms with Gasteiger partial charge in [0.25, 0.3) is 0 Å². The van der Waals surface area contributed by atoms with Crippen LogP contribution in [-0.2, 0) is 17.8 Å². The predicted molar refractivity (Wildman–Crippen MR) is 107 cm³/mol. The second kappa shape index (κ2) is 6.37. The van der Waals surface area contributed by atoms with E-state index in [0.717, 1.165) is 35.1 Å². The minimum absolute atomic E-state index is 0.170. The smallest absolute Gasteiger partial charge is 0.236 e. The maximum Gasteiger partial charge on any atom is 0.236 e. The second-order valence-corrected chi connectivity index (χ2v) is 9.63. The molecule has 132 valence electrons. The van der Waals surface area contributed by atoms with Crippen molar-refractivity contribution < 1.29 is 4.79 Å². The number of benzene rings is 1. The highest BCUT2D eigenvalue weighted by Crippen LogP contribution is 2.32. The number of thiophene rings is 1. The zero-order valence-corrected chi connectivity index (χ0v) is 16.5. The number of hydrogen-bond acceptors (Lipinski definition) is 6. The number of fused-ring (bicyclic) bond motifs is 4. The van der Waals surface area contributed by atoms with Crippen LogP contribution >= 0.6 is 34.4 Å². The van der Waals surface area contributed by atoms with Gasteiger partial charge in [0.05, 0.1) is 15.5 Å². The third kappa shape index (κ3) is 2.64. The van der Waals surface area contributed by atoms with E-state index >= 15 is 0 Å². The second-order valence-electron chi connectivity index (χ2n) is 6.31. The Morgan fingerprint density at radius 3 is 3.08 bits per heavy atom. The topological polar surface area (TPSA) is 50.5 Å². The number of aromatic nitrogens is 3. The first-order chi connectivity index (χ1) is 12.7. The van der Waals surface area contributed by atoms with Crippen molar-refractivity contribution >= 4 is 55.5 Å². The van der Waals surface area contributed by atoms with E-state index in [1.807, 2.05) is 24.0 Å². The van der Waals surface area contributed by atoms with Crippen molar-refractivity contribution in [3.63, 3.8) is 0 Å². The zero-order chi connectivity index (χ0) is 17.7. The predicted octanol–water partition coefficient (Wildman–Crippen LogP) is 4.07. The summed E-state index contributed by atoms with van der Waals surface area (Å²) < 4.78 is 3.24. The van der Waals surface area contributed by atoms with Crippen molar-refractivity contribution in [2.75, 3.05) is 6.54 Å². The molecule has 0 radical (unpaired) electrons. The van der Waals surface area contributed by atoms with Gasteiger partial charge in [-0.1, -0.05) is 35.2 Å². The van der Waals surface area contributed by atoms with E-state index in [0.29, 0.717) is 0 Å². The van der Waals surface area contributed by atoms with Crippen LogP contribution < -0.4 is 0 Å². The molecule has 0 bridgehead atoms. The number of para-hydroxylation sites is 1. The Morgan fingerprint density at radius 2 is 2.15 bits per heavy atom. The van der Waals surface area contributed by atoms with Crippen molar-refractivity contribution in [2.45, 2.75) is 30.3 Å². The number of hydrogen-bond donors (Lipinski definition) is 0. The van der Waals surface area contributed by atoms with E-state index in [1.165, 1.54) is 26.9 Å². The van der Waals surface area contributed by atoms with Gasteiger partial charge in [-0.05, 0) is 42.5 Å². The number of amides is 1. The summed E-state index contributed by atoms with van der Waals surface area (Å²) in [5.74, 6) is 0.170. The SMILES string of the molecule is CC(Sc1nnc2sc3ccccc3n12)C(=O)N1CCc2sccc2C1. The Hall–Kier alpha value is -1.90. The Labute approximate surface area is 162 Å². The summed E-state index contributed by atoms with van der Waals surface area (Å²) in [6.45, 7) is 3.48. The molecule has 3 aromatic heterocycles. The van der Waals surface area contributed by atoms with Gasteiger partial charge in [0, 0.05) is 18.0 Å². The molecule has 1 aromatic carbocycles. The summed E-state index contributed by atoms with van der Waals surface area (Å²) in [5.41, 5.74) is 2.39. The molecule has 1 unspecified atom stereocenters. The van der Waals surface area contributed by atoms with Crippen LogP contribution in [0.25, 0.3) is 15.2 Å². The van der Waals surface area contributed by atoms with E-state index in [1.54, 1.807) is 22.7 Å². The lowest BCUT2D eigenvalue weighted by Crippen LogP contribution is -2.39. The number of thiazole rings is 1. The summed E-state index contributed by atoms with van der Waals surface area (Å²) in [6, 6.07) is 10.3. The Morgan fingerprint density at radius 1 is 1.27 bits per heavy atom. The van der Waals surface area contributed by atoms with Gasteiger partial charge in [0.2, 0.25) is 10.9 Å². The third-order valence-electron chi connectivity index (χ3n) is 4.66. The summed E-state index contributed by atoms with van der Waals surface area (Å²) in [6.07, 6.45) is 0.959. The summed E-state index contributed by atoms with van der Waals surface area (Å²) >= 11 is 4.90. The van der Waals surface area contributed by atoms with Crippen molar-refractivity contribution in [3.05, 3.63) is 46.2 Å². The van der Waals surface area contributed by atoms with Gasteiger partial charge >= 0.3 is 0 Å². The van der Waals surface area contributed by atoms with Crippen molar-refractivity contribution in [2.24, 2.45) is 0 Å². The first kappa shape index (κ1) is 16.3. The minimum Gasteiger partial charge on any atom is -0.337 e. The fourth-order valence-electron chi connectivity index (χ4n) is 3.33. The molecule has 0 fully saturated rings. The lowest BCUT2D eigenvalue weighted by molar-refractivity contribution is -0.131. The highest BCUT2D eigenvalue weighted by Gasteiger charge is 2.27. The van der Waals surface area contributed by atoms with Crippen LogP contribution in [0, 0.1) is 0 Å². The third-order valence-corrected chi connectivity index (χ3v) is 7.73. The molecule has 0 N–H and O–H groups in total. The Bertz CT molecular complexity index is 1110. The monoisotopic (exact) mass is 400 g/mol. The Balaban J connectivity index is 1.39. The standard InChI is InChI=1S/C18H16N4OS3/c1-11(16(23)21-8-6-14-12(10-21)7-9-24-14)25-17-19-20-18-22(17)13-4-2-3-5-15(13)26-18/h2-5,7,9,11H,6,8,10H2,1H3. The molecule has 4 aromatic rings. The summed E-state index contributed by atoms with van der Waals surface area (Å²) in [4.78, 5) is 17.2. The first-order valence-electron chi connectivity index (χ1n) is 8.44. The van der Waals surface area contributed by atoms with E-state index in [4.69, 9.17) is 0 Å². The number of nitrogens with zero attached hydrogens (tertiary/aromatic N) is 4. The van der Waals surface area contributed by atoms with E-state index in [9.17, 15) is 4.79 Å². The normalized spacial score (nSPS) is 15.5. The van der Waals surface area contributed by atoms with Gasteiger partial charge in [-0.3, -0.25) is 9.20 Å². The molecule has 1 aliphatic heterocycles. The molecule has 26 heavy (non-hydrogen) atoms. The van der Waals surface area contributed by atoms with Crippen molar-refractivity contribution in [1.29, 1.82) is 0 Å². The quantitative estimate of drug-likeness (QED) is 0.487. The summed E-state index contributed by atoms with van der Waals surface area (Å²) in [7, 11) is 0. The van der Waals surface area contributed by atoms with Gasteiger partial charge in [0.15, 0.2) is 5.16 Å². The number of rotatable bonds is 3. The van der Waals surface area contributed by atoms with E-state index < -0.39 is 0 Å². The molecule has 4 heterocycles. The lowest BCUT2D eigenvalue weighted by Gasteiger charge is -2.29. The molecule has 5 nitrogen and oxygen atoms in total. The van der Waals surface area contributed by atoms with Crippen LogP contribution in [0.5, 0.6) is 0 Å². The fourth-order valence-corrected chi connectivity index (χ4v) is 6.19. The maximum absolute atomic E-state index is 12.9. The average Bonchev–Trinajstić information content (AvgIpc) is 3.35. The van der Waals surface area contributed by atoms with Crippen LogP contribution in [0.1, 0.15) is 17.4 Å². The Kier molecular flexibility index (Phi) is 3.99. The number of carbonyl (C=O) groups excluding carboxylic acids is 1. The van der Waals surface area contributed by atoms with Gasteiger partial charge < -0.3 is 4.90 Å².